The average Bonchev–Trinajstić information content (AvgIpc) is 2.83. The summed E-state index contributed by atoms with van der Waals surface area (Å²) in [6.07, 6.45) is -1.82. The van der Waals surface area contributed by atoms with E-state index in [2.05, 4.69) is 0 Å². The van der Waals surface area contributed by atoms with E-state index in [1.807, 2.05) is 39.8 Å². The molecule has 0 aromatic rings. The van der Waals surface area contributed by atoms with Crippen molar-refractivity contribution in [3.8, 4) is 0 Å². The molecule has 2 heterocycles. The largest absolute Gasteiger partial charge is 0.459 e. The number of aliphatic hydroxyl groups is 2. The Labute approximate surface area is 222 Å². The summed E-state index contributed by atoms with van der Waals surface area (Å²) in [6.45, 7) is 12.3. The standard InChI is InChI=1S/C28H49NO8/c1-10-22-28(7,34)12-11-21(30)15(2)13-16(3)25(18(5)23(31)19(6)26(33)36-22)37-27-24(32)20(29(8)9)14-17(4)35-27/h15-20,22,24-25,27,32,34H,10-14H2,1-9H3/t15-,16-,17+,18+,19-,20+,22+,24-,25+,27-,28+/m1/s1. The number of aliphatic hydroxyl groups excluding tert-OH is 1. The fourth-order valence-electron chi connectivity index (χ4n) is 5.73. The zero-order valence-electron chi connectivity index (χ0n) is 24.1. The zero-order valence-corrected chi connectivity index (χ0v) is 24.1. The van der Waals surface area contributed by atoms with Crippen LogP contribution in [0.4, 0.5) is 0 Å². The van der Waals surface area contributed by atoms with Crippen LogP contribution in [0.3, 0.4) is 0 Å². The molecule has 0 amide bonds. The van der Waals surface area contributed by atoms with Crippen molar-refractivity contribution in [1.82, 2.24) is 4.90 Å². The van der Waals surface area contributed by atoms with Crippen LogP contribution < -0.4 is 0 Å². The van der Waals surface area contributed by atoms with Gasteiger partial charge in [0.1, 0.15) is 23.9 Å². The third-order valence-corrected chi connectivity index (χ3v) is 8.33. The molecule has 214 valence electrons. The molecule has 2 saturated heterocycles. The topological polar surface area (TPSA) is 123 Å². The van der Waals surface area contributed by atoms with E-state index in [0.29, 0.717) is 19.3 Å². The van der Waals surface area contributed by atoms with Crippen molar-refractivity contribution < 1.29 is 38.8 Å². The fourth-order valence-corrected chi connectivity index (χ4v) is 5.73. The SMILES string of the molecule is CC[C@@H]1OC(=O)[C@H](C)C(=O)[C@H](C)[C@@H](O[C@H]2O[C@@H](C)C[C@H](N(C)C)[C@H]2O)[C@H](C)C[C@@H](C)C(=O)CC[C@]1(C)O. The van der Waals surface area contributed by atoms with Gasteiger partial charge in [-0.15, -0.1) is 0 Å². The minimum absolute atomic E-state index is 0.00768. The summed E-state index contributed by atoms with van der Waals surface area (Å²) in [7, 11) is 3.78. The van der Waals surface area contributed by atoms with Crippen LogP contribution in [0.25, 0.3) is 0 Å². The highest BCUT2D eigenvalue weighted by Crippen LogP contribution is 2.33. The first-order valence-corrected chi connectivity index (χ1v) is 13.7. The summed E-state index contributed by atoms with van der Waals surface area (Å²) in [6, 6.07) is -0.179. The van der Waals surface area contributed by atoms with Gasteiger partial charge in [-0.25, -0.2) is 0 Å². The summed E-state index contributed by atoms with van der Waals surface area (Å²) >= 11 is 0. The predicted octanol–water partition coefficient (Wildman–Crippen LogP) is 2.74. The number of cyclic esters (lactones) is 1. The van der Waals surface area contributed by atoms with Crippen molar-refractivity contribution in [1.29, 1.82) is 0 Å². The van der Waals surface area contributed by atoms with Crippen LogP contribution in [0.1, 0.15) is 80.6 Å². The first-order valence-electron chi connectivity index (χ1n) is 13.7. The van der Waals surface area contributed by atoms with E-state index < -0.39 is 48.0 Å². The molecule has 2 aliphatic rings. The average molecular weight is 528 g/mol. The first-order chi connectivity index (χ1) is 17.1. The van der Waals surface area contributed by atoms with Gasteiger partial charge in [0.25, 0.3) is 0 Å². The molecule has 2 rings (SSSR count). The van der Waals surface area contributed by atoms with Crippen LogP contribution in [0.5, 0.6) is 0 Å². The van der Waals surface area contributed by atoms with Crippen molar-refractivity contribution in [2.24, 2.45) is 23.7 Å². The molecule has 2 fully saturated rings. The third-order valence-electron chi connectivity index (χ3n) is 8.33. The minimum Gasteiger partial charge on any atom is -0.459 e. The molecule has 0 aromatic carbocycles. The molecule has 0 spiro atoms. The molecule has 9 heteroatoms. The lowest BCUT2D eigenvalue weighted by atomic mass is 9.79. The summed E-state index contributed by atoms with van der Waals surface area (Å²) < 4.78 is 17.9. The molecular formula is C28H49NO8. The fraction of sp³-hybridized carbons (Fsp3) is 0.893. The third kappa shape index (κ3) is 7.82. The van der Waals surface area contributed by atoms with Crippen LogP contribution in [0.15, 0.2) is 0 Å². The maximum Gasteiger partial charge on any atom is 0.316 e. The number of carbonyl (C=O) groups excluding carboxylic acids is 3. The predicted molar refractivity (Wildman–Crippen MR) is 139 cm³/mol. The van der Waals surface area contributed by atoms with E-state index in [4.69, 9.17) is 14.2 Å². The van der Waals surface area contributed by atoms with E-state index in [0.717, 1.165) is 0 Å². The summed E-state index contributed by atoms with van der Waals surface area (Å²) in [5, 5.41) is 22.0. The van der Waals surface area contributed by atoms with Gasteiger partial charge in [-0.3, -0.25) is 14.4 Å². The number of hydrogen-bond donors (Lipinski definition) is 2. The summed E-state index contributed by atoms with van der Waals surface area (Å²) in [5.41, 5.74) is -1.39. The highest BCUT2D eigenvalue weighted by Gasteiger charge is 2.44. The maximum atomic E-state index is 13.5. The molecule has 11 atom stereocenters. The zero-order chi connectivity index (χ0) is 28.2. The number of ether oxygens (including phenoxy) is 3. The van der Waals surface area contributed by atoms with E-state index in [-0.39, 0.29) is 48.4 Å². The van der Waals surface area contributed by atoms with Crippen molar-refractivity contribution in [3.63, 3.8) is 0 Å². The van der Waals surface area contributed by atoms with E-state index in [9.17, 15) is 24.6 Å². The lowest BCUT2D eigenvalue weighted by Crippen LogP contribution is -2.56. The normalized spacial score (nSPS) is 43.4. The van der Waals surface area contributed by atoms with E-state index >= 15 is 0 Å². The van der Waals surface area contributed by atoms with E-state index in [1.54, 1.807) is 20.8 Å². The molecule has 2 N–H and O–H groups in total. The van der Waals surface area contributed by atoms with Crippen LogP contribution in [-0.4, -0.2) is 89.1 Å². The van der Waals surface area contributed by atoms with Gasteiger partial charge in [0, 0.05) is 24.3 Å². The minimum atomic E-state index is -1.39. The quantitative estimate of drug-likeness (QED) is 0.420. The molecule has 0 bridgehead atoms. The highest BCUT2D eigenvalue weighted by atomic mass is 16.7. The lowest BCUT2D eigenvalue weighted by Gasteiger charge is -2.43. The molecule has 0 radical (unpaired) electrons. The number of rotatable bonds is 4. The second kappa shape index (κ2) is 13.1. The van der Waals surface area contributed by atoms with Gasteiger partial charge in [-0.2, -0.15) is 0 Å². The Balaban J connectivity index is 2.39. The highest BCUT2D eigenvalue weighted by molar-refractivity contribution is 6.00. The molecule has 0 unspecified atom stereocenters. The maximum absolute atomic E-state index is 13.5. The molecule has 2 aliphatic heterocycles. The van der Waals surface area contributed by atoms with Gasteiger partial charge in [0.05, 0.1) is 17.8 Å². The van der Waals surface area contributed by atoms with Crippen LogP contribution in [0, 0.1) is 23.7 Å². The molecule has 0 aliphatic carbocycles. The Hall–Kier alpha value is -1.39. The van der Waals surface area contributed by atoms with Gasteiger partial charge in [0.15, 0.2) is 12.1 Å². The number of Topliss-reactive ketones (excluding diaryl/α,β-unsaturated/α-hetero) is 2. The summed E-state index contributed by atoms with van der Waals surface area (Å²) in [4.78, 5) is 41.4. The number of likely N-dealkylation sites (N-methyl/N-ethyl adjacent to an activating group) is 1. The second-order valence-electron chi connectivity index (χ2n) is 11.9. The Morgan fingerprint density at radius 3 is 2.27 bits per heavy atom. The number of carbonyl (C=O) groups is 3. The van der Waals surface area contributed by atoms with Gasteiger partial charge in [-0.1, -0.05) is 27.7 Å². The van der Waals surface area contributed by atoms with Crippen LogP contribution in [-0.2, 0) is 28.6 Å². The van der Waals surface area contributed by atoms with Gasteiger partial charge in [0.2, 0.25) is 0 Å². The van der Waals surface area contributed by atoms with Crippen LogP contribution >= 0.6 is 0 Å². The molecule has 0 aromatic heterocycles. The molecule has 9 nitrogen and oxygen atoms in total. The Morgan fingerprint density at radius 1 is 1.08 bits per heavy atom. The van der Waals surface area contributed by atoms with Crippen molar-refractivity contribution in [2.75, 3.05) is 14.1 Å². The lowest BCUT2D eigenvalue weighted by molar-refractivity contribution is -0.278. The molecule has 37 heavy (non-hydrogen) atoms. The number of nitrogens with zero attached hydrogens (tertiary/aromatic N) is 1. The van der Waals surface area contributed by atoms with Gasteiger partial charge < -0.3 is 29.3 Å². The van der Waals surface area contributed by atoms with Gasteiger partial charge in [-0.05, 0) is 66.5 Å². The molecule has 0 saturated carbocycles. The number of hydrogen-bond acceptors (Lipinski definition) is 9. The smallest absolute Gasteiger partial charge is 0.316 e. The van der Waals surface area contributed by atoms with Crippen molar-refractivity contribution in [2.45, 2.75) is 123 Å². The second-order valence-corrected chi connectivity index (χ2v) is 11.9. The number of ketones is 2. The number of esters is 1. The molecular weight excluding hydrogens is 478 g/mol. The Kier molecular flexibility index (Phi) is 11.3. The van der Waals surface area contributed by atoms with E-state index in [1.165, 1.54) is 6.92 Å². The summed E-state index contributed by atoms with van der Waals surface area (Å²) in [5.74, 6) is -3.43. The van der Waals surface area contributed by atoms with Gasteiger partial charge >= 0.3 is 5.97 Å². The van der Waals surface area contributed by atoms with Crippen LogP contribution in [0.2, 0.25) is 0 Å². The first kappa shape index (κ1) is 31.8. The monoisotopic (exact) mass is 527 g/mol. The van der Waals surface area contributed by atoms with Crippen molar-refractivity contribution >= 4 is 17.5 Å². The Morgan fingerprint density at radius 2 is 1.70 bits per heavy atom. The Bertz CT molecular complexity index is 799. The van der Waals surface area contributed by atoms with Crippen molar-refractivity contribution in [3.05, 3.63) is 0 Å².